The second-order valence-electron chi connectivity index (χ2n) is 4.25. The Morgan fingerprint density at radius 1 is 1.44 bits per heavy atom. The summed E-state index contributed by atoms with van der Waals surface area (Å²) in [6.45, 7) is 5.71. The molecule has 0 spiro atoms. The third-order valence-corrected chi connectivity index (χ3v) is 2.18. The van der Waals surface area contributed by atoms with Crippen LogP contribution in [0.4, 0.5) is 0 Å². The maximum atomic E-state index is 11.6. The van der Waals surface area contributed by atoms with Gasteiger partial charge in [0, 0.05) is 12.1 Å². The number of carboxylic acids is 1. The minimum absolute atomic E-state index is 0.0747. The number of nitrogens with zero attached hydrogens (tertiary/aromatic N) is 1. The Balaban J connectivity index is 2.44. The lowest BCUT2D eigenvalue weighted by Gasteiger charge is -2.14. The first-order valence-electron chi connectivity index (χ1n) is 5.62. The molecule has 0 aromatic carbocycles. The highest BCUT2D eigenvalue weighted by molar-refractivity contribution is 5.85. The topological polar surface area (TPSA) is 104 Å². The highest BCUT2D eigenvalue weighted by Crippen LogP contribution is 2.03. The van der Waals surface area contributed by atoms with Gasteiger partial charge in [-0.1, -0.05) is 5.16 Å². The van der Waals surface area contributed by atoms with E-state index in [0.717, 1.165) is 0 Å². The molecule has 0 saturated carbocycles. The minimum atomic E-state index is -1.14. The number of hydrogen-bond acceptors (Lipinski definition) is 5. The van der Waals surface area contributed by atoms with Crippen LogP contribution >= 0.6 is 0 Å². The quantitative estimate of drug-likeness (QED) is 0.678. The summed E-state index contributed by atoms with van der Waals surface area (Å²) in [6.07, 6.45) is 0. The van der Waals surface area contributed by atoms with Gasteiger partial charge in [-0.3, -0.25) is 10.1 Å². The van der Waals surface area contributed by atoms with Gasteiger partial charge in [-0.15, -0.1) is 0 Å². The van der Waals surface area contributed by atoms with Crippen molar-refractivity contribution in [1.29, 1.82) is 0 Å². The van der Waals surface area contributed by atoms with Crippen LogP contribution in [0, 0.1) is 0 Å². The fourth-order valence-electron chi connectivity index (χ4n) is 1.25. The highest BCUT2D eigenvalue weighted by Gasteiger charge is 2.15. The lowest BCUT2D eigenvalue weighted by atomic mass is 10.2. The van der Waals surface area contributed by atoms with E-state index in [4.69, 9.17) is 9.63 Å². The minimum Gasteiger partial charge on any atom is -0.476 e. The zero-order chi connectivity index (χ0) is 13.7. The molecular weight excluding hydrogens is 238 g/mol. The molecule has 1 rings (SSSR count). The van der Waals surface area contributed by atoms with E-state index in [-0.39, 0.29) is 24.2 Å². The van der Waals surface area contributed by atoms with Crippen molar-refractivity contribution in [3.05, 3.63) is 17.5 Å². The molecule has 7 nitrogen and oxygen atoms in total. The van der Waals surface area contributed by atoms with Crippen LogP contribution in [0.1, 0.15) is 37.0 Å². The number of carbonyl (C=O) groups excluding carboxylic acids is 1. The van der Waals surface area contributed by atoms with Gasteiger partial charge in [-0.05, 0) is 20.8 Å². The van der Waals surface area contributed by atoms with Gasteiger partial charge in [-0.25, -0.2) is 4.79 Å². The number of carboxylic acid groups (broad SMARTS) is 1. The van der Waals surface area contributed by atoms with E-state index >= 15 is 0 Å². The van der Waals surface area contributed by atoms with Gasteiger partial charge in [0.05, 0.1) is 12.6 Å². The predicted octanol–water partition coefficient (Wildman–Crippen LogP) is 0.375. The fraction of sp³-hybridized carbons (Fsp3) is 0.545. The van der Waals surface area contributed by atoms with Crippen molar-refractivity contribution in [1.82, 2.24) is 15.8 Å². The van der Waals surface area contributed by atoms with Crippen LogP contribution in [0.5, 0.6) is 0 Å². The molecule has 0 fully saturated rings. The molecule has 100 valence electrons. The molecule has 1 unspecified atom stereocenters. The van der Waals surface area contributed by atoms with E-state index in [1.807, 2.05) is 13.8 Å². The van der Waals surface area contributed by atoms with Crippen molar-refractivity contribution in [2.24, 2.45) is 0 Å². The summed E-state index contributed by atoms with van der Waals surface area (Å²) in [6, 6.07) is 0.999. The molecular formula is C11H17N3O4. The Morgan fingerprint density at radius 3 is 2.61 bits per heavy atom. The van der Waals surface area contributed by atoms with Gasteiger partial charge in [0.15, 0.2) is 11.5 Å². The van der Waals surface area contributed by atoms with Gasteiger partial charge in [0.1, 0.15) is 0 Å². The summed E-state index contributed by atoms with van der Waals surface area (Å²) in [5.41, 5.74) is -0.147. The van der Waals surface area contributed by atoms with Gasteiger partial charge < -0.3 is 14.9 Å². The van der Waals surface area contributed by atoms with E-state index in [0.29, 0.717) is 5.76 Å². The van der Waals surface area contributed by atoms with Gasteiger partial charge in [0.2, 0.25) is 5.91 Å². The molecule has 18 heavy (non-hydrogen) atoms. The van der Waals surface area contributed by atoms with Gasteiger partial charge in [0.25, 0.3) is 0 Å². The highest BCUT2D eigenvalue weighted by atomic mass is 16.5. The lowest BCUT2D eigenvalue weighted by molar-refractivity contribution is -0.123. The van der Waals surface area contributed by atoms with Crippen molar-refractivity contribution < 1.29 is 19.2 Å². The molecule has 3 N–H and O–H groups in total. The second kappa shape index (κ2) is 6.15. The molecule has 7 heteroatoms. The third-order valence-electron chi connectivity index (χ3n) is 2.18. The Morgan fingerprint density at radius 2 is 2.11 bits per heavy atom. The maximum absolute atomic E-state index is 11.6. The first kappa shape index (κ1) is 14.2. The normalized spacial score (nSPS) is 12.4. The number of amides is 1. The van der Waals surface area contributed by atoms with E-state index in [1.165, 1.54) is 6.07 Å². The lowest BCUT2D eigenvalue weighted by Crippen LogP contribution is -2.44. The van der Waals surface area contributed by atoms with Crippen molar-refractivity contribution in [3.63, 3.8) is 0 Å². The number of hydrogen-bond donors (Lipinski definition) is 3. The molecule has 0 bridgehead atoms. The van der Waals surface area contributed by atoms with Crippen LogP contribution in [-0.4, -0.2) is 34.2 Å². The molecule has 0 radical (unpaired) electrons. The molecule has 1 atom stereocenters. The predicted molar refractivity (Wildman–Crippen MR) is 63.0 cm³/mol. The maximum Gasteiger partial charge on any atom is 0.358 e. The van der Waals surface area contributed by atoms with Crippen LogP contribution in [0.15, 0.2) is 10.6 Å². The Hall–Kier alpha value is -1.89. The number of nitrogens with one attached hydrogen (secondary N) is 2. The summed E-state index contributed by atoms with van der Waals surface area (Å²) in [5, 5.41) is 17.7. The summed E-state index contributed by atoms with van der Waals surface area (Å²) in [4.78, 5) is 22.1. The summed E-state index contributed by atoms with van der Waals surface area (Å²) in [7, 11) is 0. The van der Waals surface area contributed by atoms with Crippen molar-refractivity contribution in [3.8, 4) is 0 Å². The average molecular weight is 255 g/mol. The van der Waals surface area contributed by atoms with Crippen LogP contribution in [0.3, 0.4) is 0 Å². The first-order valence-corrected chi connectivity index (χ1v) is 5.62. The zero-order valence-electron chi connectivity index (χ0n) is 10.6. The molecule has 1 amide bonds. The summed E-state index contributed by atoms with van der Waals surface area (Å²) >= 11 is 0. The second-order valence-corrected chi connectivity index (χ2v) is 4.25. The number of aromatic carboxylic acids is 1. The van der Waals surface area contributed by atoms with Crippen LogP contribution in [0.2, 0.25) is 0 Å². The van der Waals surface area contributed by atoms with Gasteiger partial charge in [-0.2, -0.15) is 0 Å². The molecule has 1 aromatic heterocycles. The molecule has 0 saturated heterocycles. The standard InChI is InChI=1S/C11H17N3O4/c1-6(2)13-10(15)7(3)12-5-8-4-9(11(16)17)14-18-8/h4,6-7,12H,5H2,1-3H3,(H,13,15)(H,16,17). The monoisotopic (exact) mass is 255 g/mol. The number of carbonyl (C=O) groups is 2. The molecule has 1 aromatic rings. The largest absolute Gasteiger partial charge is 0.476 e. The van der Waals surface area contributed by atoms with Crippen LogP contribution in [-0.2, 0) is 11.3 Å². The number of aromatic nitrogens is 1. The third kappa shape index (κ3) is 4.17. The SMILES string of the molecule is CC(C)NC(=O)C(C)NCc1cc(C(=O)O)no1. The average Bonchev–Trinajstić information content (AvgIpc) is 2.73. The van der Waals surface area contributed by atoms with Crippen molar-refractivity contribution in [2.75, 3.05) is 0 Å². The van der Waals surface area contributed by atoms with E-state index < -0.39 is 12.0 Å². The number of rotatable bonds is 6. The van der Waals surface area contributed by atoms with Crippen LogP contribution < -0.4 is 10.6 Å². The van der Waals surface area contributed by atoms with Crippen molar-refractivity contribution >= 4 is 11.9 Å². The first-order chi connectivity index (χ1) is 8.40. The summed E-state index contributed by atoms with van der Waals surface area (Å²) < 4.78 is 4.81. The molecule has 1 heterocycles. The fourth-order valence-corrected chi connectivity index (χ4v) is 1.25. The molecule has 0 aliphatic carbocycles. The van der Waals surface area contributed by atoms with E-state index in [2.05, 4.69) is 15.8 Å². The Bertz CT molecular complexity index is 428. The van der Waals surface area contributed by atoms with Crippen LogP contribution in [0.25, 0.3) is 0 Å². The Labute approximate surface area is 105 Å². The smallest absolute Gasteiger partial charge is 0.358 e. The van der Waals surface area contributed by atoms with E-state index in [9.17, 15) is 9.59 Å². The van der Waals surface area contributed by atoms with E-state index in [1.54, 1.807) is 6.92 Å². The molecule has 0 aliphatic heterocycles. The Kier molecular flexibility index (Phi) is 4.85. The summed E-state index contributed by atoms with van der Waals surface area (Å²) in [5.74, 6) is -0.893. The van der Waals surface area contributed by atoms with Crippen molar-refractivity contribution in [2.45, 2.75) is 39.4 Å². The van der Waals surface area contributed by atoms with Gasteiger partial charge >= 0.3 is 5.97 Å². The zero-order valence-corrected chi connectivity index (χ0v) is 10.6. The molecule has 0 aliphatic rings.